The number of fused-ring (bicyclic) bond motifs is 1. The lowest BCUT2D eigenvalue weighted by Crippen LogP contribution is -2.38. The summed E-state index contributed by atoms with van der Waals surface area (Å²) in [4.78, 5) is 31.7. The minimum atomic E-state index is -0.435. The Balaban J connectivity index is 1.91. The van der Waals surface area contributed by atoms with Gasteiger partial charge < -0.3 is 15.4 Å². The first-order valence-corrected chi connectivity index (χ1v) is 6.46. The highest BCUT2D eigenvalue weighted by Gasteiger charge is 2.10. The molecule has 110 valence electrons. The van der Waals surface area contributed by atoms with Gasteiger partial charge in [-0.1, -0.05) is 12.1 Å². The van der Waals surface area contributed by atoms with E-state index >= 15 is 0 Å². The second-order valence-electron chi connectivity index (χ2n) is 4.27. The van der Waals surface area contributed by atoms with Gasteiger partial charge in [-0.2, -0.15) is 0 Å². The molecule has 0 aliphatic rings. The molecule has 0 aliphatic carbocycles. The van der Waals surface area contributed by atoms with Crippen molar-refractivity contribution >= 4 is 22.8 Å². The Morgan fingerprint density at radius 2 is 1.95 bits per heavy atom. The molecule has 7 nitrogen and oxygen atoms in total. The molecule has 2 rings (SSSR count). The summed E-state index contributed by atoms with van der Waals surface area (Å²) >= 11 is 0. The van der Waals surface area contributed by atoms with Crippen LogP contribution >= 0.6 is 0 Å². The SMILES string of the molecule is COCCNC(=O)CNC(=O)c1cnc2ccccc2n1. The first-order chi connectivity index (χ1) is 10.2. The summed E-state index contributed by atoms with van der Waals surface area (Å²) in [6.07, 6.45) is 1.39. The van der Waals surface area contributed by atoms with Crippen molar-refractivity contribution in [3.8, 4) is 0 Å². The van der Waals surface area contributed by atoms with Crippen LogP contribution < -0.4 is 10.6 Å². The van der Waals surface area contributed by atoms with E-state index in [0.717, 1.165) is 0 Å². The topological polar surface area (TPSA) is 93.2 Å². The Labute approximate surface area is 121 Å². The number of para-hydroxylation sites is 2. The lowest BCUT2D eigenvalue weighted by molar-refractivity contribution is -0.120. The summed E-state index contributed by atoms with van der Waals surface area (Å²) in [6, 6.07) is 7.26. The van der Waals surface area contributed by atoms with Crippen molar-refractivity contribution in [3.05, 3.63) is 36.2 Å². The number of rotatable bonds is 6. The van der Waals surface area contributed by atoms with Crippen LogP contribution in [0.5, 0.6) is 0 Å². The molecule has 0 spiro atoms. The number of hydrogen-bond acceptors (Lipinski definition) is 5. The van der Waals surface area contributed by atoms with Gasteiger partial charge in [0.25, 0.3) is 5.91 Å². The zero-order valence-corrected chi connectivity index (χ0v) is 11.6. The average Bonchev–Trinajstić information content (AvgIpc) is 2.52. The number of nitrogens with zero attached hydrogens (tertiary/aromatic N) is 2. The van der Waals surface area contributed by atoms with Crippen LogP contribution in [0.25, 0.3) is 11.0 Å². The van der Waals surface area contributed by atoms with Crippen LogP contribution in [0.1, 0.15) is 10.5 Å². The van der Waals surface area contributed by atoms with E-state index in [2.05, 4.69) is 20.6 Å². The maximum absolute atomic E-state index is 11.9. The van der Waals surface area contributed by atoms with Gasteiger partial charge in [-0.3, -0.25) is 14.6 Å². The van der Waals surface area contributed by atoms with Gasteiger partial charge in [0.15, 0.2) is 0 Å². The average molecular weight is 288 g/mol. The van der Waals surface area contributed by atoms with E-state index < -0.39 is 5.91 Å². The van der Waals surface area contributed by atoms with Crippen molar-refractivity contribution in [2.24, 2.45) is 0 Å². The molecule has 1 aromatic heterocycles. The highest BCUT2D eigenvalue weighted by Crippen LogP contribution is 2.08. The molecular weight excluding hydrogens is 272 g/mol. The standard InChI is InChI=1S/C14H16N4O3/c1-21-7-6-15-13(19)9-17-14(20)12-8-16-10-4-2-3-5-11(10)18-12/h2-5,8H,6-7,9H2,1H3,(H,15,19)(H,17,20). The Kier molecular flexibility index (Phi) is 5.16. The lowest BCUT2D eigenvalue weighted by Gasteiger charge is -2.06. The second kappa shape index (κ2) is 7.30. The number of nitrogens with one attached hydrogen (secondary N) is 2. The molecule has 2 amide bonds. The maximum atomic E-state index is 11.9. The van der Waals surface area contributed by atoms with Crippen molar-refractivity contribution in [1.82, 2.24) is 20.6 Å². The second-order valence-corrected chi connectivity index (χ2v) is 4.27. The minimum absolute atomic E-state index is 0.114. The van der Waals surface area contributed by atoms with E-state index in [4.69, 9.17) is 4.74 Å². The summed E-state index contributed by atoms with van der Waals surface area (Å²) in [5.41, 5.74) is 1.53. The highest BCUT2D eigenvalue weighted by molar-refractivity contribution is 5.95. The van der Waals surface area contributed by atoms with Crippen molar-refractivity contribution in [2.45, 2.75) is 0 Å². The Morgan fingerprint density at radius 3 is 2.71 bits per heavy atom. The van der Waals surface area contributed by atoms with Crippen LogP contribution in [0.3, 0.4) is 0 Å². The third kappa shape index (κ3) is 4.22. The highest BCUT2D eigenvalue weighted by atomic mass is 16.5. The summed E-state index contributed by atoms with van der Waals surface area (Å²) in [7, 11) is 1.55. The quantitative estimate of drug-likeness (QED) is 0.737. The zero-order chi connectivity index (χ0) is 15.1. The largest absolute Gasteiger partial charge is 0.383 e. The molecule has 0 unspecified atom stereocenters. The molecule has 1 aromatic carbocycles. The molecule has 7 heteroatoms. The van der Waals surface area contributed by atoms with Gasteiger partial charge in [0.1, 0.15) is 5.69 Å². The fourth-order valence-corrected chi connectivity index (χ4v) is 1.67. The van der Waals surface area contributed by atoms with Gasteiger partial charge in [-0.05, 0) is 12.1 Å². The molecule has 0 fully saturated rings. The van der Waals surface area contributed by atoms with Gasteiger partial charge in [0, 0.05) is 13.7 Å². The third-order valence-corrected chi connectivity index (χ3v) is 2.72. The van der Waals surface area contributed by atoms with Gasteiger partial charge in [-0.25, -0.2) is 4.98 Å². The van der Waals surface area contributed by atoms with Crippen LogP contribution in [-0.2, 0) is 9.53 Å². The Bertz CT molecular complexity index is 645. The Morgan fingerprint density at radius 1 is 1.19 bits per heavy atom. The minimum Gasteiger partial charge on any atom is -0.383 e. The van der Waals surface area contributed by atoms with E-state index in [1.54, 1.807) is 13.2 Å². The van der Waals surface area contributed by atoms with E-state index in [0.29, 0.717) is 24.2 Å². The number of carbonyl (C=O) groups excluding carboxylic acids is 2. The van der Waals surface area contributed by atoms with E-state index in [1.165, 1.54) is 6.20 Å². The number of benzene rings is 1. The summed E-state index contributed by atoms with van der Waals surface area (Å²) < 4.78 is 4.81. The molecule has 2 N–H and O–H groups in total. The number of amides is 2. The molecule has 0 radical (unpaired) electrons. The summed E-state index contributed by atoms with van der Waals surface area (Å²) in [6.45, 7) is 0.716. The fourth-order valence-electron chi connectivity index (χ4n) is 1.67. The van der Waals surface area contributed by atoms with Crippen molar-refractivity contribution in [1.29, 1.82) is 0 Å². The van der Waals surface area contributed by atoms with E-state index in [1.807, 2.05) is 18.2 Å². The van der Waals surface area contributed by atoms with Crippen molar-refractivity contribution in [2.75, 3.05) is 26.8 Å². The van der Waals surface area contributed by atoms with Crippen LogP contribution in [-0.4, -0.2) is 48.6 Å². The molecule has 0 saturated heterocycles. The van der Waals surface area contributed by atoms with E-state index in [-0.39, 0.29) is 18.1 Å². The van der Waals surface area contributed by atoms with Crippen LogP contribution in [0.15, 0.2) is 30.5 Å². The monoisotopic (exact) mass is 288 g/mol. The molecule has 21 heavy (non-hydrogen) atoms. The smallest absolute Gasteiger partial charge is 0.271 e. The number of hydrogen-bond donors (Lipinski definition) is 2. The zero-order valence-electron chi connectivity index (χ0n) is 11.6. The van der Waals surface area contributed by atoms with Gasteiger partial charge in [0.2, 0.25) is 5.91 Å². The molecule has 0 atom stereocenters. The summed E-state index contributed by atoms with van der Waals surface area (Å²) in [5.74, 6) is -0.718. The molecule has 0 saturated carbocycles. The summed E-state index contributed by atoms with van der Waals surface area (Å²) in [5, 5.41) is 5.10. The molecular formula is C14H16N4O3. The predicted octanol–water partition coefficient (Wildman–Crippen LogP) is 0.122. The Hall–Kier alpha value is -2.54. The molecule has 1 heterocycles. The number of ether oxygens (including phenoxy) is 1. The van der Waals surface area contributed by atoms with Crippen molar-refractivity contribution < 1.29 is 14.3 Å². The first kappa shape index (κ1) is 14.9. The van der Waals surface area contributed by atoms with Gasteiger partial charge in [0.05, 0.1) is 30.4 Å². The predicted molar refractivity (Wildman–Crippen MR) is 76.8 cm³/mol. The van der Waals surface area contributed by atoms with Gasteiger partial charge >= 0.3 is 0 Å². The third-order valence-electron chi connectivity index (χ3n) is 2.72. The number of aromatic nitrogens is 2. The van der Waals surface area contributed by atoms with Crippen LogP contribution in [0.2, 0.25) is 0 Å². The normalized spacial score (nSPS) is 10.3. The van der Waals surface area contributed by atoms with Gasteiger partial charge in [-0.15, -0.1) is 0 Å². The maximum Gasteiger partial charge on any atom is 0.271 e. The van der Waals surface area contributed by atoms with Crippen LogP contribution in [0, 0.1) is 0 Å². The van der Waals surface area contributed by atoms with Crippen molar-refractivity contribution in [3.63, 3.8) is 0 Å². The molecule has 0 bridgehead atoms. The van der Waals surface area contributed by atoms with E-state index in [9.17, 15) is 9.59 Å². The molecule has 0 aliphatic heterocycles. The first-order valence-electron chi connectivity index (χ1n) is 6.46. The van der Waals surface area contributed by atoms with Crippen LogP contribution in [0.4, 0.5) is 0 Å². The lowest BCUT2D eigenvalue weighted by atomic mass is 10.3. The molecule has 2 aromatic rings. The fraction of sp³-hybridized carbons (Fsp3) is 0.286. The number of carbonyl (C=O) groups is 2. The number of methoxy groups -OCH3 is 1.